The maximum absolute atomic E-state index is 13.8. The smallest absolute Gasteiger partial charge is 0.138 e. The van der Waals surface area contributed by atoms with E-state index in [4.69, 9.17) is 17.3 Å². The highest BCUT2D eigenvalue weighted by Crippen LogP contribution is 2.51. The van der Waals surface area contributed by atoms with Crippen LogP contribution in [0.1, 0.15) is 25.3 Å². The summed E-state index contributed by atoms with van der Waals surface area (Å²) >= 11 is 7.40. The van der Waals surface area contributed by atoms with Crippen LogP contribution < -0.4 is 5.73 Å². The Balaban J connectivity index is 2.45. The lowest BCUT2D eigenvalue weighted by molar-refractivity contribution is 0.543. The van der Waals surface area contributed by atoms with Crippen molar-refractivity contribution in [2.45, 2.75) is 36.1 Å². The first-order valence-corrected chi connectivity index (χ1v) is 6.90. The maximum atomic E-state index is 13.8. The van der Waals surface area contributed by atoms with Gasteiger partial charge in [0.1, 0.15) is 5.82 Å². The van der Waals surface area contributed by atoms with Crippen molar-refractivity contribution < 1.29 is 4.39 Å². The zero-order valence-corrected chi connectivity index (χ0v) is 11.0. The van der Waals surface area contributed by atoms with Crippen LogP contribution in [0.4, 0.5) is 4.39 Å². The number of rotatable bonds is 3. The van der Waals surface area contributed by atoms with Crippen molar-refractivity contribution >= 4 is 23.4 Å². The van der Waals surface area contributed by atoms with Gasteiger partial charge in [-0.3, -0.25) is 0 Å². The molecule has 1 unspecified atom stereocenters. The molecule has 88 valence electrons. The summed E-state index contributed by atoms with van der Waals surface area (Å²) in [4.78, 5) is 0.519. The van der Waals surface area contributed by atoms with E-state index in [0.717, 1.165) is 18.4 Å². The molecule has 0 bridgehead atoms. The molecule has 0 aromatic heterocycles. The first-order chi connectivity index (χ1) is 7.51. The standard InChI is InChI=1S/C12H15ClFNS/c1-7(15)12(3-4-12)8-5-9(13)11(16-2)10(14)6-8/h5-7H,3-4,15H2,1-2H3. The van der Waals surface area contributed by atoms with Crippen molar-refractivity contribution in [1.29, 1.82) is 0 Å². The van der Waals surface area contributed by atoms with Crippen LogP contribution >= 0.6 is 23.4 Å². The lowest BCUT2D eigenvalue weighted by Gasteiger charge is -2.21. The number of hydrogen-bond donors (Lipinski definition) is 1. The SMILES string of the molecule is CSc1c(F)cc(C2(C(C)N)CC2)cc1Cl. The van der Waals surface area contributed by atoms with E-state index < -0.39 is 0 Å². The Kier molecular flexibility index (Phi) is 3.21. The Hall–Kier alpha value is -0.250. The fourth-order valence-corrected chi connectivity index (χ4v) is 3.13. The first-order valence-electron chi connectivity index (χ1n) is 5.30. The van der Waals surface area contributed by atoms with Crippen LogP contribution in [0.25, 0.3) is 0 Å². The molecule has 1 aromatic rings. The van der Waals surface area contributed by atoms with Crippen LogP contribution in [0, 0.1) is 5.82 Å². The summed E-state index contributed by atoms with van der Waals surface area (Å²) in [6.45, 7) is 1.97. The predicted molar refractivity (Wildman–Crippen MR) is 67.8 cm³/mol. The topological polar surface area (TPSA) is 26.0 Å². The molecule has 1 aliphatic rings. The Labute approximate surface area is 105 Å². The lowest BCUT2D eigenvalue weighted by Crippen LogP contribution is -2.31. The molecule has 2 N–H and O–H groups in total. The van der Waals surface area contributed by atoms with Gasteiger partial charge in [0.25, 0.3) is 0 Å². The molecule has 0 radical (unpaired) electrons. The van der Waals surface area contributed by atoms with Gasteiger partial charge in [-0.1, -0.05) is 11.6 Å². The number of halogens is 2. The van der Waals surface area contributed by atoms with Gasteiger partial charge in [-0.25, -0.2) is 4.39 Å². The van der Waals surface area contributed by atoms with Crippen LogP contribution in [0.15, 0.2) is 17.0 Å². The summed E-state index contributed by atoms with van der Waals surface area (Å²) in [5.74, 6) is -0.234. The van der Waals surface area contributed by atoms with Crippen molar-refractivity contribution in [3.05, 3.63) is 28.5 Å². The summed E-state index contributed by atoms with van der Waals surface area (Å²) in [6.07, 6.45) is 3.88. The number of hydrogen-bond acceptors (Lipinski definition) is 2. The van der Waals surface area contributed by atoms with Crippen LogP contribution in [-0.2, 0) is 5.41 Å². The van der Waals surface area contributed by atoms with Crippen molar-refractivity contribution in [2.75, 3.05) is 6.26 Å². The van der Waals surface area contributed by atoms with Crippen molar-refractivity contribution in [3.8, 4) is 0 Å². The minimum atomic E-state index is -0.234. The Morgan fingerprint density at radius 3 is 2.50 bits per heavy atom. The molecule has 0 spiro atoms. The fraction of sp³-hybridized carbons (Fsp3) is 0.500. The minimum Gasteiger partial charge on any atom is -0.327 e. The van der Waals surface area contributed by atoms with Gasteiger partial charge < -0.3 is 5.73 Å². The summed E-state index contributed by atoms with van der Waals surface area (Å²) in [6, 6.07) is 3.50. The monoisotopic (exact) mass is 259 g/mol. The second-order valence-corrected chi connectivity index (χ2v) is 5.64. The average Bonchev–Trinajstić information content (AvgIpc) is 2.97. The van der Waals surface area contributed by atoms with Gasteiger partial charge in [0, 0.05) is 11.5 Å². The van der Waals surface area contributed by atoms with E-state index in [9.17, 15) is 4.39 Å². The van der Waals surface area contributed by atoms with Gasteiger partial charge >= 0.3 is 0 Å². The Morgan fingerprint density at radius 2 is 2.12 bits per heavy atom. The maximum Gasteiger partial charge on any atom is 0.138 e. The van der Waals surface area contributed by atoms with Gasteiger partial charge in [0.2, 0.25) is 0 Å². The van der Waals surface area contributed by atoms with Crippen molar-refractivity contribution in [3.63, 3.8) is 0 Å². The molecule has 1 atom stereocenters. The third kappa shape index (κ3) is 1.85. The van der Waals surface area contributed by atoms with Gasteiger partial charge in [-0.15, -0.1) is 11.8 Å². The molecule has 1 fully saturated rings. The summed E-state index contributed by atoms with van der Waals surface area (Å²) < 4.78 is 13.8. The van der Waals surface area contributed by atoms with Crippen LogP contribution in [0.5, 0.6) is 0 Å². The second kappa shape index (κ2) is 4.21. The third-order valence-corrected chi connectivity index (χ3v) is 4.67. The molecule has 1 saturated carbocycles. The molecule has 4 heteroatoms. The average molecular weight is 260 g/mol. The minimum absolute atomic E-state index is 0.0403. The van der Waals surface area contributed by atoms with Crippen molar-refractivity contribution in [2.24, 2.45) is 5.73 Å². The van der Waals surface area contributed by atoms with E-state index in [1.54, 1.807) is 6.07 Å². The molecular weight excluding hydrogens is 245 g/mol. The van der Waals surface area contributed by atoms with Gasteiger partial charge in [0.05, 0.1) is 9.92 Å². The Bertz CT molecular complexity index is 392. The highest BCUT2D eigenvalue weighted by Gasteiger charge is 2.47. The first kappa shape index (κ1) is 12.2. The molecule has 1 nitrogen and oxygen atoms in total. The zero-order chi connectivity index (χ0) is 11.9. The highest BCUT2D eigenvalue weighted by molar-refractivity contribution is 7.98. The molecule has 16 heavy (non-hydrogen) atoms. The van der Waals surface area contributed by atoms with Crippen LogP contribution in [0.3, 0.4) is 0 Å². The number of thioether (sulfide) groups is 1. The molecule has 2 rings (SSSR count). The van der Waals surface area contributed by atoms with Gasteiger partial charge in [-0.05, 0) is 43.7 Å². The Morgan fingerprint density at radius 1 is 1.50 bits per heavy atom. The van der Waals surface area contributed by atoms with Crippen LogP contribution in [0.2, 0.25) is 5.02 Å². The van der Waals surface area contributed by atoms with E-state index >= 15 is 0 Å². The largest absolute Gasteiger partial charge is 0.327 e. The fourth-order valence-electron chi connectivity index (χ4n) is 2.18. The molecular formula is C12H15ClFNS. The van der Waals surface area contributed by atoms with E-state index in [-0.39, 0.29) is 17.3 Å². The van der Waals surface area contributed by atoms with Crippen molar-refractivity contribution in [1.82, 2.24) is 0 Å². The normalized spacial score (nSPS) is 19.6. The molecule has 0 heterocycles. The molecule has 0 aliphatic heterocycles. The summed E-state index contributed by atoms with van der Waals surface area (Å²) in [7, 11) is 0. The van der Waals surface area contributed by atoms with Crippen LogP contribution in [-0.4, -0.2) is 12.3 Å². The molecule has 1 aromatic carbocycles. The third-order valence-electron chi connectivity index (χ3n) is 3.44. The van der Waals surface area contributed by atoms with E-state index in [0.29, 0.717) is 9.92 Å². The van der Waals surface area contributed by atoms with E-state index in [1.165, 1.54) is 11.8 Å². The van der Waals surface area contributed by atoms with Gasteiger partial charge in [-0.2, -0.15) is 0 Å². The van der Waals surface area contributed by atoms with E-state index in [2.05, 4.69) is 0 Å². The summed E-state index contributed by atoms with van der Waals surface area (Å²) in [5.41, 5.74) is 6.87. The molecule has 0 amide bonds. The molecule has 1 aliphatic carbocycles. The summed E-state index contributed by atoms with van der Waals surface area (Å²) in [5, 5.41) is 0.495. The van der Waals surface area contributed by atoms with E-state index in [1.807, 2.05) is 19.2 Å². The zero-order valence-electron chi connectivity index (χ0n) is 9.39. The quantitative estimate of drug-likeness (QED) is 0.840. The lowest BCUT2D eigenvalue weighted by atomic mass is 9.89. The second-order valence-electron chi connectivity index (χ2n) is 4.42. The predicted octanol–water partition coefficient (Wildman–Crippen LogP) is 3.58. The molecule has 0 saturated heterocycles. The van der Waals surface area contributed by atoms with Gasteiger partial charge in [0.15, 0.2) is 0 Å². The number of benzene rings is 1. The highest BCUT2D eigenvalue weighted by atomic mass is 35.5. The number of nitrogens with two attached hydrogens (primary N) is 1.